The number of aromatic nitrogens is 1. The number of nitrogens with zero attached hydrogens (tertiary/aromatic N) is 1. The zero-order valence-electron chi connectivity index (χ0n) is 8.99. The zero-order chi connectivity index (χ0) is 10.6. The van der Waals surface area contributed by atoms with Crippen LogP contribution in [0.1, 0.15) is 29.3 Å². The van der Waals surface area contributed by atoms with E-state index in [-0.39, 0.29) is 6.04 Å². The zero-order valence-corrected chi connectivity index (χ0v) is 9.80. The second kappa shape index (κ2) is 5.44. The van der Waals surface area contributed by atoms with Crippen molar-refractivity contribution in [3.8, 4) is 0 Å². The van der Waals surface area contributed by atoms with Gasteiger partial charge >= 0.3 is 0 Å². The van der Waals surface area contributed by atoms with Gasteiger partial charge in [0, 0.05) is 30.8 Å². The minimum Gasteiger partial charge on any atom is -0.385 e. The number of hydrogen-bond donors (Lipinski definition) is 1. The van der Waals surface area contributed by atoms with Gasteiger partial charge in [-0.2, -0.15) is 0 Å². The van der Waals surface area contributed by atoms with Crippen LogP contribution in [0.5, 0.6) is 0 Å². The average Bonchev–Trinajstić information content (AvgIpc) is 2.60. The number of thiazole rings is 1. The lowest BCUT2D eigenvalue weighted by atomic mass is 9.99. The lowest BCUT2D eigenvalue weighted by molar-refractivity contribution is 0.175. The fourth-order valence-electron chi connectivity index (χ4n) is 1.30. The minimum atomic E-state index is 0.0938. The highest BCUT2D eigenvalue weighted by Gasteiger charge is 2.16. The van der Waals surface area contributed by atoms with E-state index < -0.39 is 0 Å². The molecule has 2 atom stereocenters. The van der Waals surface area contributed by atoms with Gasteiger partial charge in [-0.25, -0.2) is 4.98 Å². The molecule has 1 heterocycles. The van der Waals surface area contributed by atoms with Gasteiger partial charge in [0.1, 0.15) is 0 Å². The van der Waals surface area contributed by atoms with Crippen LogP contribution in [0.3, 0.4) is 0 Å². The van der Waals surface area contributed by atoms with Crippen LogP contribution in [-0.2, 0) is 4.74 Å². The molecule has 0 radical (unpaired) electrons. The molecule has 14 heavy (non-hydrogen) atoms. The third kappa shape index (κ3) is 3.04. The molecule has 0 bridgehead atoms. The van der Waals surface area contributed by atoms with E-state index in [2.05, 4.69) is 11.9 Å². The van der Waals surface area contributed by atoms with Crippen LogP contribution in [0, 0.1) is 12.8 Å². The van der Waals surface area contributed by atoms with Crippen LogP contribution in [0.2, 0.25) is 0 Å². The van der Waals surface area contributed by atoms with Crippen molar-refractivity contribution in [1.29, 1.82) is 0 Å². The van der Waals surface area contributed by atoms with Gasteiger partial charge < -0.3 is 10.5 Å². The van der Waals surface area contributed by atoms with Gasteiger partial charge in [-0.15, -0.1) is 11.3 Å². The summed E-state index contributed by atoms with van der Waals surface area (Å²) in [5.74, 6) is 0.440. The molecule has 1 rings (SSSR count). The summed E-state index contributed by atoms with van der Waals surface area (Å²) in [5.41, 5.74) is 6.11. The summed E-state index contributed by atoms with van der Waals surface area (Å²) >= 11 is 1.68. The van der Waals surface area contributed by atoms with E-state index in [0.29, 0.717) is 5.92 Å². The molecule has 0 amide bonds. The van der Waals surface area contributed by atoms with Gasteiger partial charge in [-0.05, 0) is 19.3 Å². The van der Waals surface area contributed by atoms with Gasteiger partial charge in [0.15, 0.2) is 0 Å². The highest BCUT2D eigenvalue weighted by atomic mass is 32.1. The third-order valence-electron chi connectivity index (χ3n) is 2.36. The monoisotopic (exact) mass is 214 g/mol. The highest BCUT2D eigenvalue weighted by Crippen LogP contribution is 2.26. The molecule has 2 unspecified atom stereocenters. The number of rotatable bonds is 5. The summed E-state index contributed by atoms with van der Waals surface area (Å²) < 4.78 is 5.04. The summed E-state index contributed by atoms with van der Waals surface area (Å²) in [6.45, 7) is 4.92. The van der Waals surface area contributed by atoms with E-state index in [9.17, 15) is 0 Å². The number of nitrogens with two attached hydrogens (primary N) is 1. The van der Waals surface area contributed by atoms with Crippen molar-refractivity contribution in [3.63, 3.8) is 0 Å². The van der Waals surface area contributed by atoms with Crippen LogP contribution < -0.4 is 5.73 Å². The first-order chi connectivity index (χ1) is 6.65. The van der Waals surface area contributed by atoms with Crippen molar-refractivity contribution >= 4 is 11.3 Å². The molecule has 1 aromatic heterocycles. The maximum atomic E-state index is 6.11. The quantitative estimate of drug-likeness (QED) is 0.816. The van der Waals surface area contributed by atoms with Crippen molar-refractivity contribution in [2.75, 3.05) is 13.7 Å². The first-order valence-corrected chi connectivity index (χ1v) is 5.63. The molecule has 0 aliphatic carbocycles. The molecule has 3 nitrogen and oxygen atoms in total. The molecule has 80 valence electrons. The van der Waals surface area contributed by atoms with Crippen LogP contribution >= 0.6 is 11.3 Å². The fraction of sp³-hybridized carbons (Fsp3) is 0.700. The molecule has 0 aliphatic rings. The molecule has 0 fully saturated rings. The summed E-state index contributed by atoms with van der Waals surface area (Å²) in [4.78, 5) is 5.38. The largest absolute Gasteiger partial charge is 0.385 e. The Kier molecular flexibility index (Phi) is 4.51. The van der Waals surface area contributed by atoms with Crippen LogP contribution in [0.25, 0.3) is 0 Å². The predicted octanol–water partition coefficient (Wildman–Crippen LogP) is 2.12. The molecular formula is C10H18N2OS. The fourth-order valence-corrected chi connectivity index (χ4v) is 2.22. The van der Waals surface area contributed by atoms with Crippen LogP contribution in [0.4, 0.5) is 0 Å². The van der Waals surface area contributed by atoms with E-state index in [1.807, 2.05) is 13.1 Å². The van der Waals surface area contributed by atoms with E-state index in [4.69, 9.17) is 10.5 Å². The lowest BCUT2D eigenvalue weighted by Crippen LogP contribution is -2.19. The number of hydrogen-bond acceptors (Lipinski definition) is 4. The van der Waals surface area contributed by atoms with Gasteiger partial charge in [0.25, 0.3) is 0 Å². The van der Waals surface area contributed by atoms with Crippen molar-refractivity contribution in [1.82, 2.24) is 4.98 Å². The van der Waals surface area contributed by atoms with E-state index >= 15 is 0 Å². The van der Waals surface area contributed by atoms with Crippen molar-refractivity contribution < 1.29 is 4.74 Å². The molecule has 1 aromatic rings. The van der Waals surface area contributed by atoms with Crippen molar-refractivity contribution in [2.45, 2.75) is 26.3 Å². The summed E-state index contributed by atoms with van der Waals surface area (Å²) in [6, 6.07) is 0.0938. The first kappa shape index (κ1) is 11.6. The SMILES string of the molecule is COCCC(C)C(N)c1cnc(C)s1. The number of ether oxygens (including phenoxy) is 1. The number of methoxy groups -OCH3 is 1. The van der Waals surface area contributed by atoms with E-state index in [1.165, 1.54) is 4.88 Å². The lowest BCUT2D eigenvalue weighted by Gasteiger charge is -2.17. The van der Waals surface area contributed by atoms with Gasteiger partial charge in [-0.1, -0.05) is 6.92 Å². The normalized spacial score (nSPS) is 15.4. The van der Waals surface area contributed by atoms with E-state index in [1.54, 1.807) is 18.4 Å². The Morgan fingerprint density at radius 1 is 1.64 bits per heavy atom. The second-order valence-electron chi connectivity index (χ2n) is 3.57. The molecular weight excluding hydrogens is 196 g/mol. The molecule has 0 saturated heterocycles. The smallest absolute Gasteiger partial charge is 0.0897 e. The maximum absolute atomic E-state index is 6.11. The molecule has 4 heteroatoms. The Labute approximate surface area is 89.3 Å². The van der Waals surface area contributed by atoms with Crippen molar-refractivity contribution in [3.05, 3.63) is 16.1 Å². The first-order valence-electron chi connectivity index (χ1n) is 4.82. The Balaban J connectivity index is 2.51. The van der Waals surface area contributed by atoms with Crippen molar-refractivity contribution in [2.24, 2.45) is 11.7 Å². The standard InChI is InChI=1S/C10H18N2OS/c1-7(4-5-13-3)10(11)9-6-12-8(2)14-9/h6-7,10H,4-5,11H2,1-3H3. The molecule has 2 N–H and O–H groups in total. The molecule has 0 spiro atoms. The average molecular weight is 214 g/mol. The summed E-state index contributed by atoms with van der Waals surface area (Å²) in [7, 11) is 1.72. The van der Waals surface area contributed by atoms with Gasteiger partial charge in [-0.3, -0.25) is 0 Å². The minimum absolute atomic E-state index is 0.0938. The molecule has 0 aromatic carbocycles. The third-order valence-corrected chi connectivity index (χ3v) is 3.37. The highest BCUT2D eigenvalue weighted by molar-refractivity contribution is 7.11. The van der Waals surface area contributed by atoms with Gasteiger partial charge in [0.05, 0.1) is 5.01 Å². The summed E-state index contributed by atoms with van der Waals surface area (Å²) in [5, 5.41) is 1.08. The maximum Gasteiger partial charge on any atom is 0.0897 e. The Bertz CT molecular complexity index is 275. The van der Waals surface area contributed by atoms with Crippen LogP contribution in [0.15, 0.2) is 6.20 Å². The van der Waals surface area contributed by atoms with Gasteiger partial charge in [0.2, 0.25) is 0 Å². The summed E-state index contributed by atoms with van der Waals surface area (Å²) in [6.07, 6.45) is 2.88. The second-order valence-corrected chi connectivity index (χ2v) is 4.83. The predicted molar refractivity (Wildman–Crippen MR) is 59.4 cm³/mol. The molecule has 0 saturated carbocycles. The Morgan fingerprint density at radius 2 is 2.36 bits per heavy atom. The topological polar surface area (TPSA) is 48.1 Å². The van der Waals surface area contributed by atoms with E-state index in [0.717, 1.165) is 18.0 Å². The molecule has 0 aliphatic heterocycles. The Hall–Kier alpha value is -0.450. The Morgan fingerprint density at radius 3 is 2.86 bits per heavy atom. The van der Waals surface area contributed by atoms with Crippen LogP contribution in [-0.4, -0.2) is 18.7 Å². The number of aryl methyl sites for hydroxylation is 1.